The van der Waals surface area contributed by atoms with Crippen LogP contribution in [0.15, 0.2) is 60.7 Å². The van der Waals surface area contributed by atoms with Crippen molar-refractivity contribution in [2.45, 2.75) is 4.22 Å². The summed E-state index contributed by atoms with van der Waals surface area (Å²) in [6.45, 7) is 0. The molecule has 0 heterocycles. The molecule has 0 radical (unpaired) electrons. The molecule has 0 amide bonds. The van der Waals surface area contributed by atoms with E-state index < -0.39 is 23.8 Å². The van der Waals surface area contributed by atoms with Crippen LogP contribution in [-0.2, 0) is 0 Å². The first-order valence-electron chi connectivity index (χ1n) is 5.06. The van der Waals surface area contributed by atoms with Crippen LogP contribution in [0.2, 0.25) is 0 Å². The first-order chi connectivity index (χ1) is 8.09. The molecule has 0 fully saturated rings. The van der Waals surface area contributed by atoms with E-state index in [1.54, 1.807) is 60.7 Å². The molecule has 0 atom stereocenters. The van der Waals surface area contributed by atoms with Crippen molar-refractivity contribution in [1.29, 1.82) is 0 Å². The molecule has 0 aliphatic carbocycles. The van der Waals surface area contributed by atoms with Crippen LogP contribution in [0, 0.1) is 0 Å². The Morgan fingerprint density at radius 2 is 1.00 bits per heavy atom. The molecule has 0 spiro atoms. The van der Waals surface area contributed by atoms with E-state index in [2.05, 4.69) is 0 Å². The van der Waals surface area contributed by atoms with Gasteiger partial charge in [-0.15, -0.1) is 0 Å². The van der Waals surface area contributed by atoms with Crippen LogP contribution in [0.1, 0.15) is 0 Å². The summed E-state index contributed by atoms with van der Waals surface area (Å²) in [6, 6.07) is 16.5. The number of rotatable bonds is 2. The summed E-state index contributed by atoms with van der Waals surface area (Å²) in [5, 5.41) is 0. The Kier molecular flexibility index (Phi) is 3.76. The van der Waals surface area contributed by atoms with Crippen LogP contribution in [0.5, 0.6) is 0 Å². The third kappa shape index (κ3) is 3.02. The van der Waals surface area contributed by atoms with E-state index in [1.165, 1.54) is 0 Å². The topological polar surface area (TPSA) is 0 Å². The van der Waals surface area contributed by atoms with E-state index in [9.17, 15) is 13.2 Å². The van der Waals surface area contributed by atoms with Gasteiger partial charge < -0.3 is 0 Å². The summed E-state index contributed by atoms with van der Waals surface area (Å²) in [6.07, 6.45) is 0. The van der Waals surface area contributed by atoms with E-state index >= 15 is 0 Å². The Morgan fingerprint density at radius 3 is 1.29 bits per heavy atom. The average molecular weight is 352 g/mol. The first-order valence-corrected chi connectivity index (χ1v) is 8.89. The van der Waals surface area contributed by atoms with E-state index in [1.807, 2.05) is 0 Å². The summed E-state index contributed by atoms with van der Waals surface area (Å²) in [5.74, 6) is 0. The zero-order valence-corrected chi connectivity index (χ0v) is 11.4. The van der Waals surface area contributed by atoms with Crippen LogP contribution in [0.25, 0.3) is 0 Å². The minimum atomic E-state index is -4.09. The van der Waals surface area contributed by atoms with E-state index in [4.69, 9.17) is 0 Å². The van der Waals surface area contributed by atoms with Gasteiger partial charge in [0.15, 0.2) is 0 Å². The van der Waals surface area contributed by atoms with Crippen molar-refractivity contribution in [2.75, 3.05) is 0 Å². The monoisotopic (exact) mass is 354 g/mol. The molecule has 0 aromatic heterocycles. The van der Waals surface area contributed by atoms with Gasteiger partial charge in [0, 0.05) is 0 Å². The van der Waals surface area contributed by atoms with Crippen LogP contribution in [0.3, 0.4) is 0 Å². The normalized spacial score (nSPS) is 12.3. The molecule has 2 rings (SSSR count). The summed E-state index contributed by atoms with van der Waals surface area (Å²) in [7, 11) is 0. The molecule has 0 aliphatic heterocycles. The Morgan fingerprint density at radius 1 is 0.647 bits per heavy atom. The Labute approximate surface area is 105 Å². The molecule has 0 saturated carbocycles. The number of hydrogen-bond acceptors (Lipinski definition) is 0. The molecule has 2 aromatic rings. The van der Waals surface area contributed by atoms with Crippen molar-refractivity contribution in [3.05, 3.63) is 60.7 Å². The predicted octanol–water partition coefficient (Wildman–Crippen LogP) is 2.13. The van der Waals surface area contributed by atoms with Crippen LogP contribution >= 0.6 is 0 Å². The second-order valence-corrected chi connectivity index (χ2v) is 9.78. The van der Waals surface area contributed by atoms with E-state index in [-0.39, 0.29) is 0 Å². The molecular weight excluding hydrogens is 341 g/mol. The molecule has 0 saturated heterocycles. The first kappa shape index (κ1) is 12.5. The van der Waals surface area contributed by atoms with Gasteiger partial charge in [-0.1, -0.05) is 0 Å². The summed E-state index contributed by atoms with van der Waals surface area (Å²) in [4.78, 5) is 0. The average Bonchev–Trinajstić information content (AvgIpc) is 2.30. The van der Waals surface area contributed by atoms with Gasteiger partial charge in [-0.05, 0) is 0 Å². The van der Waals surface area contributed by atoms with Crippen LogP contribution in [-0.4, -0.2) is 23.8 Å². The number of benzene rings is 2. The Bertz CT molecular complexity index is 426. The summed E-state index contributed by atoms with van der Waals surface area (Å²) < 4.78 is 36.3. The van der Waals surface area contributed by atoms with Crippen molar-refractivity contribution < 1.29 is 13.2 Å². The van der Waals surface area contributed by atoms with Gasteiger partial charge in [-0.3, -0.25) is 0 Å². The molecule has 0 aliphatic rings. The Hall–Kier alpha value is -0.980. The molecular formula is C13H11F3Te. The number of hydrogen-bond donors (Lipinski definition) is 0. The zero-order chi connectivity index (χ0) is 12.3. The third-order valence-corrected chi connectivity index (χ3v) is 8.38. The van der Waals surface area contributed by atoms with Crippen molar-refractivity contribution >= 4 is 26.8 Å². The molecule has 2 aromatic carbocycles. The fraction of sp³-hybridized carbons (Fsp3) is 0.0769. The third-order valence-electron chi connectivity index (χ3n) is 2.28. The van der Waals surface area contributed by atoms with Gasteiger partial charge in [-0.2, -0.15) is 0 Å². The quantitative estimate of drug-likeness (QED) is 0.727. The van der Waals surface area contributed by atoms with E-state index in [0.717, 1.165) is 0 Å². The molecule has 4 heteroatoms. The van der Waals surface area contributed by atoms with Crippen molar-refractivity contribution in [2.24, 2.45) is 0 Å². The SMILES string of the molecule is FC(F)(F)[TeH](c1ccccc1)c1ccccc1. The molecule has 0 nitrogen and oxygen atoms in total. The van der Waals surface area contributed by atoms with Gasteiger partial charge in [0.2, 0.25) is 0 Å². The summed E-state index contributed by atoms with van der Waals surface area (Å²) in [5.41, 5.74) is 0. The van der Waals surface area contributed by atoms with Gasteiger partial charge in [0.1, 0.15) is 0 Å². The molecule has 0 bridgehead atoms. The van der Waals surface area contributed by atoms with E-state index in [0.29, 0.717) is 7.22 Å². The summed E-state index contributed by atoms with van der Waals surface area (Å²) >= 11 is -3.65. The fourth-order valence-corrected chi connectivity index (χ4v) is 6.80. The van der Waals surface area contributed by atoms with Gasteiger partial charge in [0.05, 0.1) is 0 Å². The Balaban J connectivity index is 2.48. The van der Waals surface area contributed by atoms with Gasteiger partial charge >= 0.3 is 105 Å². The van der Waals surface area contributed by atoms with Crippen molar-refractivity contribution in [3.8, 4) is 0 Å². The molecule has 17 heavy (non-hydrogen) atoms. The molecule has 90 valence electrons. The molecule has 0 N–H and O–H groups in total. The van der Waals surface area contributed by atoms with Gasteiger partial charge in [0.25, 0.3) is 0 Å². The maximum atomic E-state index is 13.2. The number of alkyl halides is 3. The predicted molar refractivity (Wildman–Crippen MR) is 65.4 cm³/mol. The van der Waals surface area contributed by atoms with Crippen LogP contribution in [0.4, 0.5) is 13.2 Å². The zero-order valence-electron chi connectivity index (χ0n) is 8.85. The van der Waals surface area contributed by atoms with Crippen LogP contribution < -0.4 is 7.22 Å². The second kappa shape index (κ2) is 5.12. The van der Waals surface area contributed by atoms with Crippen molar-refractivity contribution in [1.82, 2.24) is 0 Å². The minimum absolute atomic E-state index is 0.453. The van der Waals surface area contributed by atoms with Crippen molar-refractivity contribution in [3.63, 3.8) is 0 Å². The maximum absolute atomic E-state index is 13.2. The standard InChI is InChI=1S/C13H11F3Te/c14-13(15,16)17(11-7-3-1-4-8-11)12-9-5-2-6-10-12/h1-10,17H. The number of halogens is 3. The molecule has 0 unspecified atom stereocenters. The second-order valence-electron chi connectivity index (χ2n) is 3.47. The van der Waals surface area contributed by atoms with Gasteiger partial charge in [-0.25, -0.2) is 0 Å². The fourth-order valence-electron chi connectivity index (χ4n) is 1.60.